The van der Waals surface area contributed by atoms with Crippen molar-refractivity contribution >= 4 is 39.8 Å². The maximum Gasteiger partial charge on any atom is 0.341 e. The van der Waals surface area contributed by atoms with E-state index in [0.717, 1.165) is 16.7 Å². The molecule has 0 saturated carbocycles. The topological polar surface area (TPSA) is 64.6 Å². The largest absolute Gasteiger partial charge is 0.484 e. The van der Waals surface area contributed by atoms with E-state index in [9.17, 15) is 9.59 Å². The van der Waals surface area contributed by atoms with Crippen molar-refractivity contribution in [2.75, 3.05) is 18.5 Å². The van der Waals surface area contributed by atoms with Gasteiger partial charge in [-0.3, -0.25) is 4.79 Å². The lowest BCUT2D eigenvalue weighted by Gasteiger charge is -2.10. The molecule has 0 bridgehead atoms. The second-order valence-electron chi connectivity index (χ2n) is 6.67. The van der Waals surface area contributed by atoms with E-state index in [-0.39, 0.29) is 19.1 Å². The van der Waals surface area contributed by atoms with Gasteiger partial charge in [0.05, 0.1) is 6.61 Å². The van der Waals surface area contributed by atoms with Crippen molar-refractivity contribution in [2.45, 2.75) is 20.8 Å². The highest BCUT2D eigenvalue weighted by molar-refractivity contribution is 7.15. The molecule has 0 spiro atoms. The van der Waals surface area contributed by atoms with Gasteiger partial charge in [-0.15, -0.1) is 11.3 Å². The normalized spacial score (nSPS) is 10.5. The molecular formula is C23H22ClNO4S. The summed E-state index contributed by atoms with van der Waals surface area (Å²) >= 11 is 7.21. The number of anilines is 1. The summed E-state index contributed by atoms with van der Waals surface area (Å²) in [5, 5.41) is 5.58. The van der Waals surface area contributed by atoms with Crippen molar-refractivity contribution in [2.24, 2.45) is 0 Å². The van der Waals surface area contributed by atoms with Crippen molar-refractivity contribution < 1.29 is 19.1 Å². The summed E-state index contributed by atoms with van der Waals surface area (Å²) in [6, 6.07) is 12.8. The number of aryl methyl sites for hydroxylation is 2. The smallest absolute Gasteiger partial charge is 0.341 e. The SMILES string of the molecule is CCOC(=O)c1c(-c2ccc(C)c(C)c2)csc1NC(=O)COc1cccc(Cl)c1. The molecule has 1 amide bonds. The second kappa shape index (κ2) is 9.78. The number of hydrogen-bond donors (Lipinski definition) is 1. The molecule has 30 heavy (non-hydrogen) atoms. The Morgan fingerprint density at radius 1 is 1.10 bits per heavy atom. The molecule has 0 unspecified atom stereocenters. The van der Waals surface area contributed by atoms with Crippen molar-refractivity contribution in [1.29, 1.82) is 0 Å². The molecule has 3 rings (SSSR count). The molecule has 1 N–H and O–H groups in total. The van der Waals surface area contributed by atoms with Crippen LogP contribution in [-0.2, 0) is 9.53 Å². The van der Waals surface area contributed by atoms with Crippen LogP contribution in [0.15, 0.2) is 47.8 Å². The van der Waals surface area contributed by atoms with E-state index >= 15 is 0 Å². The first-order valence-corrected chi connectivity index (χ1v) is 10.7. The van der Waals surface area contributed by atoms with E-state index in [4.69, 9.17) is 21.1 Å². The first-order valence-electron chi connectivity index (χ1n) is 9.43. The Balaban J connectivity index is 1.83. The summed E-state index contributed by atoms with van der Waals surface area (Å²) in [5.74, 6) is -0.364. The standard InChI is InChI=1S/C23H22ClNO4S/c1-4-28-23(27)21-19(16-9-8-14(2)15(3)10-16)13-30-22(21)25-20(26)12-29-18-7-5-6-17(24)11-18/h5-11,13H,4,12H2,1-3H3,(H,25,26). The van der Waals surface area contributed by atoms with Crippen LogP contribution < -0.4 is 10.1 Å². The molecule has 3 aromatic rings. The van der Waals surface area contributed by atoms with Gasteiger partial charge in [0.1, 0.15) is 16.3 Å². The molecule has 5 nitrogen and oxygen atoms in total. The van der Waals surface area contributed by atoms with Crippen molar-refractivity contribution in [3.05, 3.63) is 69.6 Å². The molecule has 7 heteroatoms. The van der Waals surface area contributed by atoms with Crippen LogP contribution in [0.5, 0.6) is 5.75 Å². The maximum absolute atomic E-state index is 12.7. The molecule has 0 aliphatic carbocycles. The lowest BCUT2D eigenvalue weighted by atomic mass is 9.99. The summed E-state index contributed by atoms with van der Waals surface area (Å²) in [7, 11) is 0. The van der Waals surface area contributed by atoms with Crippen LogP contribution in [0.2, 0.25) is 5.02 Å². The highest BCUT2D eigenvalue weighted by Crippen LogP contribution is 2.37. The number of nitrogens with one attached hydrogen (secondary N) is 1. The average molecular weight is 444 g/mol. The molecule has 0 saturated heterocycles. The number of thiophene rings is 1. The fraction of sp³-hybridized carbons (Fsp3) is 0.217. The number of ether oxygens (including phenoxy) is 2. The molecule has 0 aliphatic heterocycles. The van der Waals surface area contributed by atoms with Crippen LogP contribution in [0.4, 0.5) is 5.00 Å². The molecule has 1 heterocycles. The van der Waals surface area contributed by atoms with E-state index in [1.165, 1.54) is 16.9 Å². The van der Waals surface area contributed by atoms with Crippen LogP contribution >= 0.6 is 22.9 Å². The third-order valence-electron chi connectivity index (χ3n) is 4.51. The van der Waals surface area contributed by atoms with Gasteiger partial charge in [0.15, 0.2) is 6.61 Å². The van der Waals surface area contributed by atoms with Crippen molar-refractivity contribution in [1.82, 2.24) is 0 Å². The Hall–Kier alpha value is -2.83. The molecular weight excluding hydrogens is 422 g/mol. The van der Waals surface area contributed by atoms with Gasteiger partial charge < -0.3 is 14.8 Å². The number of benzene rings is 2. The average Bonchev–Trinajstić information content (AvgIpc) is 3.12. The molecule has 0 radical (unpaired) electrons. The molecule has 2 aromatic carbocycles. The zero-order chi connectivity index (χ0) is 21.7. The summed E-state index contributed by atoms with van der Waals surface area (Å²) in [6.07, 6.45) is 0. The number of esters is 1. The first kappa shape index (κ1) is 21.9. The van der Waals surface area contributed by atoms with Gasteiger partial charge in [0.2, 0.25) is 0 Å². The molecule has 0 fully saturated rings. The van der Waals surface area contributed by atoms with Gasteiger partial charge in [-0.1, -0.05) is 35.9 Å². The predicted molar refractivity (Wildman–Crippen MR) is 121 cm³/mol. The minimum Gasteiger partial charge on any atom is -0.484 e. The summed E-state index contributed by atoms with van der Waals surface area (Å²) in [4.78, 5) is 25.1. The number of amides is 1. The fourth-order valence-electron chi connectivity index (χ4n) is 2.85. The summed E-state index contributed by atoms with van der Waals surface area (Å²) < 4.78 is 10.7. The molecule has 1 aromatic heterocycles. The van der Waals surface area contributed by atoms with Gasteiger partial charge in [-0.25, -0.2) is 4.79 Å². The van der Waals surface area contributed by atoms with Crippen molar-refractivity contribution in [3.8, 4) is 16.9 Å². The Bertz CT molecular complexity index is 1080. The minimum absolute atomic E-state index is 0.209. The fourth-order valence-corrected chi connectivity index (χ4v) is 4.00. The zero-order valence-corrected chi connectivity index (χ0v) is 18.5. The van der Waals surface area contributed by atoms with Crippen LogP contribution in [-0.4, -0.2) is 25.1 Å². The van der Waals surface area contributed by atoms with Gasteiger partial charge in [-0.2, -0.15) is 0 Å². The monoisotopic (exact) mass is 443 g/mol. The number of carbonyl (C=O) groups is 2. The van der Waals surface area contributed by atoms with E-state index in [0.29, 0.717) is 21.3 Å². The first-order chi connectivity index (χ1) is 14.4. The van der Waals surface area contributed by atoms with E-state index < -0.39 is 5.97 Å². The van der Waals surface area contributed by atoms with E-state index in [1.807, 2.05) is 37.4 Å². The van der Waals surface area contributed by atoms with Gasteiger partial charge in [0, 0.05) is 16.0 Å². The minimum atomic E-state index is -0.474. The van der Waals surface area contributed by atoms with Crippen LogP contribution in [0.3, 0.4) is 0 Å². The third-order valence-corrected chi connectivity index (χ3v) is 5.64. The van der Waals surface area contributed by atoms with Crippen LogP contribution in [0.25, 0.3) is 11.1 Å². The third kappa shape index (κ3) is 5.20. The van der Waals surface area contributed by atoms with Crippen LogP contribution in [0.1, 0.15) is 28.4 Å². The van der Waals surface area contributed by atoms with Gasteiger partial charge >= 0.3 is 5.97 Å². The summed E-state index contributed by atoms with van der Waals surface area (Å²) in [5.41, 5.74) is 4.26. The van der Waals surface area contributed by atoms with Crippen LogP contribution in [0, 0.1) is 13.8 Å². The zero-order valence-electron chi connectivity index (χ0n) is 17.0. The number of rotatable bonds is 7. The maximum atomic E-state index is 12.7. The Morgan fingerprint density at radius 3 is 2.60 bits per heavy atom. The predicted octanol–water partition coefficient (Wildman–Crippen LogP) is 5.88. The van der Waals surface area contributed by atoms with E-state index in [1.54, 1.807) is 31.2 Å². The quantitative estimate of drug-likeness (QED) is 0.463. The van der Waals surface area contributed by atoms with Crippen molar-refractivity contribution in [3.63, 3.8) is 0 Å². The lowest BCUT2D eigenvalue weighted by molar-refractivity contribution is -0.118. The number of carbonyl (C=O) groups excluding carboxylic acids is 2. The highest BCUT2D eigenvalue weighted by atomic mass is 35.5. The number of halogens is 1. The Labute approximate surface area is 184 Å². The Kier molecular flexibility index (Phi) is 7.13. The Morgan fingerprint density at radius 2 is 1.90 bits per heavy atom. The number of hydrogen-bond acceptors (Lipinski definition) is 5. The molecule has 0 aliphatic rings. The summed E-state index contributed by atoms with van der Waals surface area (Å²) in [6.45, 7) is 5.83. The highest BCUT2D eigenvalue weighted by Gasteiger charge is 2.23. The molecule has 156 valence electrons. The molecule has 0 atom stereocenters. The lowest BCUT2D eigenvalue weighted by Crippen LogP contribution is -2.21. The van der Waals surface area contributed by atoms with Gasteiger partial charge in [0.25, 0.3) is 5.91 Å². The van der Waals surface area contributed by atoms with Gasteiger partial charge in [-0.05, 0) is 55.7 Å². The van der Waals surface area contributed by atoms with E-state index in [2.05, 4.69) is 5.32 Å². The second-order valence-corrected chi connectivity index (χ2v) is 7.98.